The number of rotatable bonds is 1. The molecule has 0 N–H and O–H groups in total. The maximum atomic E-state index is 5.78. The lowest BCUT2D eigenvalue weighted by Gasteiger charge is -2.12. The van der Waals surface area contributed by atoms with Crippen LogP contribution in [0.25, 0.3) is 11.1 Å². The minimum absolute atomic E-state index is 0.817. The number of hydrogen-bond acceptors (Lipinski definition) is 1. The summed E-state index contributed by atoms with van der Waals surface area (Å²) in [7, 11) is 0. The van der Waals surface area contributed by atoms with Gasteiger partial charge in [-0.1, -0.05) is 36.4 Å². The van der Waals surface area contributed by atoms with Crippen LogP contribution in [0.15, 0.2) is 36.4 Å². The van der Waals surface area contributed by atoms with Gasteiger partial charge in [-0.3, -0.25) is 0 Å². The van der Waals surface area contributed by atoms with E-state index in [9.17, 15) is 0 Å². The summed E-state index contributed by atoms with van der Waals surface area (Å²) in [6, 6.07) is 12.9. The van der Waals surface area contributed by atoms with Crippen LogP contribution >= 0.6 is 0 Å². The van der Waals surface area contributed by atoms with Gasteiger partial charge < -0.3 is 4.74 Å². The van der Waals surface area contributed by atoms with E-state index in [-0.39, 0.29) is 0 Å². The van der Waals surface area contributed by atoms with Crippen LogP contribution < -0.4 is 4.74 Å². The van der Waals surface area contributed by atoms with Gasteiger partial charge >= 0.3 is 0 Å². The molecule has 0 atom stereocenters. The normalized spacial score (nSPS) is 13.3. The van der Waals surface area contributed by atoms with Crippen molar-refractivity contribution in [3.05, 3.63) is 53.1 Å². The van der Waals surface area contributed by atoms with Crippen LogP contribution in [0, 0.1) is 13.8 Å². The molecule has 17 heavy (non-hydrogen) atoms. The highest BCUT2D eigenvalue weighted by molar-refractivity contribution is 5.76. The minimum atomic E-state index is 0.817. The maximum absolute atomic E-state index is 5.78. The molecule has 1 aliphatic rings. The molecule has 1 heterocycles. The summed E-state index contributed by atoms with van der Waals surface area (Å²) in [5.74, 6) is 1.08. The molecule has 0 aromatic heterocycles. The van der Waals surface area contributed by atoms with Gasteiger partial charge in [-0.05, 0) is 36.1 Å². The van der Waals surface area contributed by atoms with Crippen molar-refractivity contribution >= 4 is 0 Å². The summed E-state index contributed by atoms with van der Waals surface area (Å²) in [5.41, 5.74) is 6.54. The number of aryl methyl sites for hydroxylation is 1. The predicted molar refractivity (Wildman–Crippen MR) is 70.6 cm³/mol. The highest BCUT2D eigenvalue weighted by Gasteiger charge is 2.17. The third kappa shape index (κ3) is 1.62. The van der Waals surface area contributed by atoms with E-state index in [0.29, 0.717) is 0 Å². The molecule has 0 unspecified atom stereocenters. The molecule has 0 saturated carbocycles. The Hall–Kier alpha value is -1.76. The van der Waals surface area contributed by atoms with Crippen LogP contribution in [0.5, 0.6) is 5.75 Å². The molecule has 2 aromatic carbocycles. The zero-order valence-electron chi connectivity index (χ0n) is 10.3. The Kier molecular flexibility index (Phi) is 2.40. The van der Waals surface area contributed by atoms with Gasteiger partial charge in [-0.2, -0.15) is 0 Å². The molecule has 1 heteroatoms. The van der Waals surface area contributed by atoms with Crippen molar-refractivity contribution in [2.24, 2.45) is 0 Å². The van der Waals surface area contributed by atoms with E-state index >= 15 is 0 Å². The van der Waals surface area contributed by atoms with Crippen molar-refractivity contribution in [3.8, 4) is 16.9 Å². The summed E-state index contributed by atoms with van der Waals surface area (Å²) in [5, 5.41) is 0. The Morgan fingerprint density at radius 1 is 0.941 bits per heavy atom. The van der Waals surface area contributed by atoms with E-state index < -0.39 is 0 Å². The third-order valence-corrected chi connectivity index (χ3v) is 3.61. The van der Waals surface area contributed by atoms with E-state index in [0.717, 1.165) is 18.8 Å². The summed E-state index contributed by atoms with van der Waals surface area (Å²) in [4.78, 5) is 0. The molecule has 2 aromatic rings. The lowest BCUT2D eigenvalue weighted by molar-refractivity contribution is 0.358. The first-order valence-corrected chi connectivity index (χ1v) is 6.08. The molecule has 0 aliphatic carbocycles. The van der Waals surface area contributed by atoms with Crippen LogP contribution in [0.3, 0.4) is 0 Å². The number of ether oxygens (including phenoxy) is 1. The zero-order valence-corrected chi connectivity index (χ0v) is 10.3. The van der Waals surface area contributed by atoms with Crippen molar-refractivity contribution in [1.29, 1.82) is 0 Å². The second-order valence-electron chi connectivity index (χ2n) is 4.64. The molecule has 0 fully saturated rings. The van der Waals surface area contributed by atoms with Gasteiger partial charge in [0.1, 0.15) is 5.75 Å². The van der Waals surface area contributed by atoms with Gasteiger partial charge in [-0.25, -0.2) is 0 Å². The SMILES string of the molecule is Cc1cccc(-c2cccc3c2OCC3)c1C. The number of benzene rings is 2. The third-order valence-electron chi connectivity index (χ3n) is 3.61. The van der Waals surface area contributed by atoms with Gasteiger partial charge in [0.15, 0.2) is 0 Å². The molecule has 0 amide bonds. The Morgan fingerprint density at radius 3 is 2.59 bits per heavy atom. The average Bonchev–Trinajstić information content (AvgIpc) is 2.81. The Bertz CT molecular complexity index is 570. The van der Waals surface area contributed by atoms with Gasteiger partial charge in [0, 0.05) is 12.0 Å². The molecular weight excluding hydrogens is 208 g/mol. The van der Waals surface area contributed by atoms with Crippen LogP contribution in [-0.4, -0.2) is 6.61 Å². The molecule has 0 bridgehead atoms. The lowest BCUT2D eigenvalue weighted by Crippen LogP contribution is -1.91. The van der Waals surface area contributed by atoms with Crippen LogP contribution in [-0.2, 0) is 6.42 Å². The molecule has 0 spiro atoms. The topological polar surface area (TPSA) is 9.23 Å². The van der Waals surface area contributed by atoms with Crippen LogP contribution in [0.4, 0.5) is 0 Å². The summed E-state index contributed by atoms with van der Waals surface area (Å²) >= 11 is 0. The summed E-state index contributed by atoms with van der Waals surface area (Å²) < 4.78 is 5.78. The largest absolute Gasteiger partial charge is 0.492 e. The number of hydrogen-bond donors (Lipinski definition) is 0. The van der Waals surface area contributed by atoms with E-state index in [1.807, 2.05) is 0 Å². The van der Waals surface area contributed by atoms with Crippen LogP contribution in [0.2, 0.25) is 0 Å². The lowest BCUT2D eigenvalue weighted by atomic mass is 9.95. The van der Waals surface area contributed by atoms with Crippen molar-refractivity contribution in [2.75, 3.05) is 6.61 Å². The fourth-order valence-corrected chi connectivity index (χ4v) is 2.47. The smallest absolute Gasteiger partial charge is 0.130 e. The average molecular weight is 224 g/mol. The molecule has 86 valence electrons. The Balaban J connectivity index is 2.23. The second-order valence-corrected chi connectivity index (χ2v) is 4.64. The summed E-state index contributed by atoms with van der Waals surface area (Å²) in [6.45, 7) is 5.15. The van der Waals surface area contributed by atoms with E-state index in [1.54, 1.807) is 0 Å². The van der Waals surface area contributed by atoms with Crippen molar-refractivity contribution in [2.45, 2.75) is 20.3 Å². The first kappa shape index (κ1) is 10.4. The molecule has 0 saturated heterocycles. The zero-order chi connectivity index (χ0) is 11.8. The predicted octanol–water partition coefficient (Wildman–Crippen LogP) is 3.91. The van der Waals surface area contributed by atoms with E-state index in [1.165, 1.54) is 27.8 Å². The highest BCUT2D eigenvalue weighted by Crippen LogP contribution is 2.38. The van der Waals surface area contributed by atoms with Gasteiger partial charge in [0.25, 0.3) is 0 Å². The molecule has 1 aliphatic heterocycles. The Labute approximate surface area is 102 Å². The van der Waals surface area contributed by atoms with Crippen molar-refractivity contribution in [1.82, 2.24) is 0 Å². The summed E-state index contributed by atoms with van der Waals surface area (Å²) in [6.07, 6.45) is 1.04. The van der Waals surface area contributed by atoms with Crippen molar-refractivity contribution in [3.63, 3.8) is 0 Å². The molecule has 1 nitrogen and oxygen atoms in total. The van der Waals surface area contributed by atoms with E-state index in [2.05, 4.69) is 50.2 Å². The quantitative estimate of drug-likeness (QED) is 0.713. The van der Waals surface area contributed by atoms with E-state index in [4.69, 9.17) is 4.74 Å². The monoisotopic (exact) mass is 224 g/mol. The van der Waals surface area contributed by atoms with Crippen molar-refractivity contribution < 1.29 is 4.74 Å². The Morgan fingerprint density at radius 2 is 1.71 bits per heavy atom. The van der Waals surface area contributed by atoms with Gasteiger partial charge in [-0.15, -0.1) is 0 Å². The fourth-order valence-electron chi connectivity index (χ4n) is 2.47. The number of fused-ring (bicyclic) bond motifs is 1. The highest BCUT2D eigenvalue weighted by atomic mass is 16.5. The first-order chi connectivity index (χ1) is 8.27. The number of para-hydroxylation sites is 1. The standard InChI is InChI=1S/C16H16O/c1-11-5-3-7-14(12(11)2)15-8-4-6-13-9-10-17-16(13)15/h3-8H,9-10H2,1-2H3. The van der Waals surface area contributed by atoms with Gasteiger partial charge in [0.2, 0.25) is 0 Å². The first-order valence-electron chi connectivity index (χ1n) is 6.08. The molecule has 0 radical (unpaired) electrons. The molecular formula is C16H16O. The minimum Gasteiger partial charge on any atom is -0.492 e. The molecule has 3 rings (SSSR count). The van der Waals surface area contributed by atoms with Crippen LogP contribution in [0.1, 0.15) is 16.7 Å². The second kappa shape index (κ2) is 3.92. The van der Waals surface area contributed by atoms with Gasteiger partial charge in [0.05, 0.1) is 6.61 Å². The maximum Gasteiger partial charge on any atom is 0.130 e. The fraction of sp³-hybridized carbons (Fsp3) is 0.250.